The number of likely N-dealkylation sites (N-methyl/N-ethyl adjacent to an activating group) is 1. The lowest BCUT2D eigenvalue weighted by Gasteiger charge is -2.34. The van der Waals surface area contributed by atoms with Crippen LogP contribution in [0.4, 0.5) is 24.5 Å². The number of halogens is 3. The third-order valence-electron chi connectivity index (χ3n) is 7.01. The molecule has 1 fully saturated rings. The minimum absolute atomic E-state index is 0.0917. The zero-order valence-corrected chi connectivity index (χ0v) is 22.8. The Morgan fingerprint density at radius 1 is 1.05 bits per heavy atom. The molecule has 0 atom stereocenters. The van der Waals surface area contributed by atoms with E-state index in [9.17, 15) is 18.0 Å². The molecule has 0 saturated carbocycles. The molecule has 4 rings (SSSR count). The Bertz CT molecular complexity index is 1230. The van der Waals surface area contributed by atoms with Crippen molar-refractivity contribution in [3.05, 3.63) is 83.3 Å². The van der Waals surface area contributed by atoms with Crippen LogP contribution in [0.25, 0.3) is 0 Å². The summed E-state index contributed by atoms with van der Waals surface area (Å²) in [6.07, 6.45) is 6.55. The van der Waals surface area contributed by atoms with Crippen molar-refractivity contribution in [1.82, 2.24) is 9.80 Å². The lowest BCUT2D eigenvalue weighted by atomic mass is 9.96. The fourth-order valence-electron chi connectivity index (χ4n) is 4.83. The zero-order chi connectivity index (χ0) is 28.0. The molecular formula is C30H36F3N5O. The van der Waals surface area contributed by atoms with E-state index < -0.39 is 17.7 Å². The fourth-order valence-corrected chi connectivity index (χ4v) is 4.83. The van der Waals surface area contributed by atoms with Gasteiger partial charge in [-0.1, -0.05) is 25.2 Å². The molecule has 2 heterocycles. The molecular weight excluding hydrogens is 503 g/mol. The first-order chi connectivity index (χ1) is 18.7. The van der Waals surface area contributed by atoms with Crippen LogP contribution in [0.5, 0.6) is 0 Å². The predicted octanol–water partition coefficient (Wildman–Crippen LogP) is 6.05. The number of benzene rings is 1. The molecule has 2 aliphatic heterocycles. The number of hydrogen-bond donors (Lipinski definition) is 1. The molecule has 1 saturated heterocycles. The summed E-state index contributed by atoms with van der Waals surface area (Å²) >= 11 is 0. The maximum Gasteiger partial charge on any atom is 0.416 e. The summed E-state index contributed by atoms with van der Waals surface area (Å²) in [5.74, 6) is 0.440. The number of allylic oxidation sites excluding steroid dienone is 4. The molecule has 9 heteroatoms. The largest absolute Gasteiger partial charge is 0.416 e. The van der Waals surface area contributed by atoms with Crippen molar-refractivity contribution < 1.29 is 18.0 Å². The van der Waals surface area contributed by atoms with Crippen LogP contribution in [0, 0.1) is 0 Å². The van der Waals surface area contributed by atoms with Crippen LogP contribution in [0.15, 0.2) is 88.3 Å². The molecule has 1 aromatic rings. The van der Waals surface area contributed by atoms with Crippen LogP contribution in [0.2, 0.25) is 0 Å². The van der Waals surface area contributed by atoms with Crippen molar-refractivity contribution in [1.29, 1.82) is 0 Å². The van der Waals surface area contributed by atoms with E-state index in [4.69, 9.17) is 4.99 Å². The average Bonchev–Trinajstić information content (AvgIpc) is 2.91. The predicted molar refractivity (Wildman–Crippen MR) is 152 cm³/mol. The minimum atomic E-state index is -4.48. The number of aliphatic imine (C=N–C) groups is 1. The van der Waals surface area contributed by atoms with E-state index in [0.717, 1.165) is 37.6 Å². The zero-order valence-electron chi connectivity index (χ0n) is 22.8. The SMILES string of the molecule is C/C=C1/C=CC(=O)N(CC2=CCCC=C2C(F)(F)F)/C1=N/C(=C/CC)Nc1ccc(N2CCN(C)CC2)cc1. The molecule has 1 N–H and O–H groups in total. The van der Waals surface area contributed by atoms with Crippen molar-refractivity contribution in [3.8, 4) is 0 Å². The number of nitrogens with one attached hydrogen (secondary N) is 1. The van der Waals surface area contributed by atoms with Crippen LogP contribution in [-0.2, 0) is 4.79 Å². The maximum absolute atomic E-state index is 13.7. The number of hydrogen-bond acceptors (Lipinski definition) is 5. The van der Waals surface area contributed by atoms with Gasteiger partial charge in [-0.15, -0.1) is 0 Å². The van der Waals surface area contributed by atoms with Crippen molar-refractivity contribution in [2.75, 3.05) is 50.0 Å². The van der Waals surface area contributed by atoms with E-state index in [1.807, 2.05) is 32.1 Å². The second kappa shape index (κ2) is 12.5. The van der Waals surface area contributed by atoms with Gasteiger partial charge >= 0.3 is 6.18 Å². The van der Waals surface area contributed by atoms with E-state index in [1.165, 1.54) is 17.1 Å². The Balaban J connectivity index is 1.59. The van der Waals surface area contributed by atoms with Crippen LogP contribution in [0.1, 0.15) is 33.1 Å². The van der Waals surface area contributed by atoms with Gasteiger partial charge in [-0.05, 0) is 75.2 Å². The summed E-state index contributed by atoms with van der Waals surface area (Å²) in [4.78, 5) is 23.7. The summed E-state index contributed by atoms with van der Waals surface area (Å²) < 4.78 is 41.1. The van der Waals surface area contributed by atoms with E-state index in [2.05, 4.69) is 34.3 Å². The molecule has 208 valence electrons. The van der Waals surface area contributed by atoms with Crippen LogP contribution in [0.3, 0.4) is 0 Å². The highest BCUT2D eigenvalue weighted by Gasteiger charge is 2.38. The molecule has 0 bridgehead atoms. The standard InChI is InChI=1S/C30H36F3N5O/c1-4-8-27(34-24-12-14-25(15-13-24)37-19-17-36(3)18-20-37)35-29-22(5-2)11-16-28(39)38(29)21-23-9-6-7-10-26(23)30(31,32)33/h5,8-16,34H,4,6-7,17-21H2,1-3H3/b22-5-,27-8+,35-29+. The maximum atomic E-state index is 13.7. The second-order valence-corrected chi connectivity index (χ2v) is 9.82. The highest BCUT2D eigenvalue weighted by molar-refractivity contribution is 6.16. The molecule has 0 aromatic heterocycles. The van der Waals surface area contributed by atoms with Crippen LogP contribution < -0.4 is 10.2 Å². The quantitative estimate of drug-likeness (QED) is 0.458. The van der Waals surface area contributed by atoms with Gasteiger partial charge in [-0.2, -0.15) is 13.2 Å². The van der Waals surface area contributed by atoms with Crippen molar-refractivity contribution >= 4 is 23.1 Å². The minimum Gasteiger partial charge on any atom is -0.369 e. The molecule has 1 aromatic carbocycles. The average molecular weight is 540 g/mol. The Labute approximate surface area is 228 Å². The number of alkyl halides is 3. The normalized spacial score (nSPS) is 21.5. The molecule has 3 aliphatic rings. The molecule has 0 radical (unpaired) electrons. The number of rotatable bonds is 7. The molecule has 1 aliphatic carbocycles. The number of anilines is 2. The highest BCUT2D eigenvalue weighted by Crippen LogP contribution is 2.35. The van der Waals surface area contributed by atoms with Crippen molar-refractivity contribution in [2.24, 2.45) is 4.99 Å². The monoisotopic (exact) mass is 539 g/mol. The van der Waals surface area contributed by atoms with E-state index in [0.29, 0.717) is 36.5 Å². The van der Waals surface area contributed by atoms with Gasteiger partial charge in [0.05, 0.1) is 12.1 Å². The first-order valence-corrected chi connectivity index (χ1v) is 13.4. The summed E-state index contributed by atoms with van der Waals surface area (Å²) in [5.41, 5.74) is 2.06. The van der Waals surface area contributed by atoms with E-state index >= 15 is 0 Å². The van der Waals surface area contributed by atoms with Gasteiger partial charge < -0.3 is 15.1 Å². The summed E-state index contributed by atoms with van der Waals surface area (Å²) in [7, 11) is 2.13. The number of carbonyl (C=O) groups excluding carboxylic acids is 1. The Morgan fingerprint density at radius 3 is 2.38 bits per heavy atom. The van der Waals surface area contributed by atoms with E-state index in [-0.39, 0.29) is 12.1 Å². The molecule has 1 amide bonds. The van der Waals surface area contributed by atoms with Gasteiger partial charge in [-0.3, -0.25) is 9.69 Å². The highest BCUT2D eigenvalue weighted by atomic mass is 19.4. The second-order valence-electron chi connectivity index (χ2n) is 9.82. The Kier molecular flexibility index (Phi) is 9.12. The number of amidine groups is 1. The van der Waals surface area contributed by atoms with E-state index in [1.54, 1.807) is 18.2 Å². The van der Waals surface area contributed by atoms with Crippen LogP contribution >= 0.6 is 0 Å². The molecule has 0 unspecified atom stereocenters. The van der Waals surface area contributed by atoms with Crippen molar-refractivity contribution in [3.63, 3.8) is 0 Å². The van der Waals surface area contributed by atoms with Gasteiger partial charge in [0.15, 0.2) is 0 Å². The van der Waals surface area contributed by atoms with Gasteiger partial charge in [0.1, 0.15) is 11.7 Å². The first kappa shape index (κ1) is 28.4. The summed E-state index contributed by atoms with van der Waals surface area (Å²) in [5, 5.41) is 3.33. The Morgan fingerprint density at radius 2 is 1.74 bits per heavy atom. The number of piperazine rings is 1. The van der Waals surface area contributed by atoms with Gasteiger partial charge in [0, 0.05) is 49.2 Å². The summed E-state index contributed by atoms with van der Waals surface area (Å²) in [6.45, 7) is 7.59. The third kappa shape index (κ3) is 7.09. The molecule has 0 spiro atoms. The lowest BCUT2D eigenvalue weighted by Crippen LogP contribution is -2.44. The number of carbonyl (C=O) groups is 1. The number of amides is 1. The molecule has 6 nitrogen and oxygen atoms in total. The third-order valence-corrected chi connectivity index (χ3v) is 7.01. The topological polar surface area (TPSA) is 51.2 Å². The molecule has 39 heavy (non-hydrogen) atoms. The van der Waals surface area contributed by atoms with Gasteiger partial charge in [0.2, 0.25) is 0 Å². The number of nitrogens with zero attached hydrogens (tertiary/aromatic N) is 4. The summed E-state index contributed by atoms with van der Waals surface area (Å²) in [6, 6.07) is 8.12. The Hall–Kier alpha value is -3.59. The lowest BCUT2D eigenvalue weighted by molar-refractivity contribution is -0.122. The fraction of sp³-hybridized carbons (Fsp3) is 0.400. The van der Waals surface area contributed by atoms with Crippen LogP contribution in [-0.4, -0.2) is 67.5 Å². The van der Waals surface area contributed by atoms with Gasteiger partial charge in [0.25, 0.3) is 5.91 Å². The smallest absolute Gasteiger partial charge is 0.369 e. The first-order valence-electron chi connectivity index (χ1n) is 13.4. The van der Waals surface area contributed by atoms with Gasteiger partial charge in [-0.25, -0.2) is 4.99 Å². The van der Waals surface area contributed by atoms with Crippen molar-refractivity contribution in [2.45, 2.75) is 39.3 Å².